The molecular weight excluding hydrogens is 292 g/mol. The Hall–Kier alpha value is -0.860. The summed E-state index contributed by atoms with van der Waals surface area (Å²) in [6.45, 7) is 8.78. The fourth-order valence-electron chi connectivity index (χ4n) is 2.44. The van der Waals surface area contributed by atoms with Crippen molar-refractivity contribution in [3.63, 3.8) is 0 Å². The van der Waals surface area contributed by atoms with Crippen molar-refractivity contribution in [2.24, 2.45) is 11.0 Å². The van der Waals surface area contributed by atoms with Gasteiger partial charge in [0.25, 0.3) is 0 Å². The normalized spacial score (nSPS) is 20.8. The molecule has 1 saturated heterocycles. The third kappa shape index (κ3) is 6.19. The SMILES string of the molecule is CCN(CC1CCOC1)CC(C)N(C)C(=N[N+](=O)[O-])SC. The van der Waals surface area contributed by atoms with E-state index >= 15 is 0 Å². The van der Waals surface area contributed by atoms with Crippen LogP contribution in [0.4, 0.5) is 0 Å². The molecule has 2 unspecified atom stereocenters. The molecule has 1 aliphatic heterocycles. The number of likely N-dealkylation sites (N-methyl/N-ethyl adjacent to an activating group) is 2. The summed E-state index contributed by atoms with van der Waals surface area (Å²) in [4.78, 5) is 14.8. The minimum atomic E-state index is -0.636. The molecule has 2 atom stereocenters. The number of hydrogen-bond acceptors (Lipinski definition) is 5. The van der Waals surface area contributed by atoms with Crippen molar-refractivity contribution in [3.05, 3.63) is 10.1 Å². The molecule has 0 aromatic rings. The zero-order valence-corrected chi connectivity index (χ0v) is 14.1. The van der Waals surface area contributed by atoms with Crippen LogP contribution in [0.5, 0.6) is 0 Å². The van der Waals surface area contributed by atoms with Crippen molar-refractivity contribution in [1.82, 2.24) is 9.80 Å². The molecule has 7 nitrogen and oxygen atoms in total. The quantitative estimate of drug-likeness (QED) is 0.307. The second-order valence-electron chi connectivity index (χ2n) is 5.37. The monoisotopic (exact) mass is 318 g/mol. The van der Waals surface area contributed by atoms with Crippen LogP contribution in [0.2, 0.25) is 0 Å². The van der Waals surface area contributed by atoms with Crippen molar-refractivity contribution < 1.29 is 9.77 Å². The minimum Gasteiger partial charge on any atom is -0.381 e. The van der Waals surface area contributed by atoms with Gasteiger partial charge in [-0.3, -0.25) is 0 Å². The first-order valence-corrected chi connectivity index (χ1v) is 8.50. The standard InChI is InChI=1S/C13H26N4O3S/c1-5-16(9-12-6-7-20-10-12)8-11(2)15(3)13(21-4)14-17(18)19/h11-12H,5-10H2,1-4H3. The van der Waals surface area contributed by atoms with E-state index in [2.05, 4.69) is 23.8 Å². The second-order valence-corrected chi connectivity index (χ2v) is 6.14. The van der Waals surface area contributed by atoms with Crippen LogP contribution in [0.3, 0.4) is 0 Å². The van der Waals surface area contributed by atoms with Gasteiger partial charge in [0.2, 0.25) is 5.17 Å². The van der Waals surface area contributed by atoms with Crippen LogP contribution in [0.1, 0.15) is 20.3 Å². The smallest absolute Gasteiger partial charge is 0.237 e. The highest BCUT2D eigenvalue weighted by atomic mass is 32.2. The van der Waals surface area contributed by atoms with Gasteiger partial charge in [0.1, 0.15) is 0 Å². The molecule has 0 amide bonds. The lowest BCUT2D eigenvalue weighted by atomic mass is 10.1. The van der Waals surface area contributed by atoms with E-state index < -0.39 is 5.03 Å². The fourth-order valence-corrected chi connectivity index (χ4v) is 3.05. The highest BCUT2D eigenvalue weighted by Gasteiger charge is 2.22. The van der Waals surface area contributed by atoms with E-state index in [9.17, 15) is 10.1 Å². The van der Waals surface area contributed by atoms with Crippen LogP contribution in [-0.4, -0.2) is 72.2 Å². The molecule has 0 bridgehead atoms. The fraction of sp³-hybridized carbons (Fsp3) is 0.923. The number of ether oxygens (including phenoxy) is 1. The number of nitro groups is 1. The largest absolute Gasteiger partial charge is 0.381 e. The summed E-state index contributed by atoms with van der Waals surface area (Å²) >= 11 is 1.30. The van der Waals surface area contributed by atoms with Crippen LogP contribution in [0, 0.1) is 16.0 Å². The van der Waals surface area contributed by atoms with Gasteiger partial charge in [-0.1, -0.05) is 18.7 Å². The van der Waals surface area contributed by atoms with Crippen molar-refractivity contribution in [3.8, 4) is 0 Å². The summed E-state index contributed by atoms with van der Waals surface area (Å²) < 4.78 is 5.42. The Kier molecular flexibility index (Phi) is 7.98. The Bertz CT molecular complexity index is 361. The summed E-state index contributed by atoms with van der Waals surface area (Å²) in [5, 5.41) is 13.8. The third-order valence-electron chi connectivity index (χ3n) is 3.82. The zero-order valence-electron chi connectivity index (χ0n) is 13.3. The maximum Gasteiger partial charge on any atom is 0.237 e. The molecule has 122 valence electrons. The molecule has 1 rings (SSSR count). The number of nitrogens with zero attached hydrogens (tertiary/aromatic N) is 4. The lowest BCUT2D eigenvalue weighted by molar-refractivity contribution is -0.485. The Morgan fingerprint density at radius 2 is 2.33 bits per heavy atom. The zero-order chi connectivity index (χ0) is 15.8. The van der Waals surface area contributed by atoms with E-state index in [0.717, 1.165) is 39.3 Å². The van der Waals surface area contributed by atoms with Gasteiger partial charge in [0, 0.05) is 32.8 Å². The molecular formula is C13H26N4O3S. The first-order valence-electron chi connectivity index (χ1n) is 7.27. The van der Waals surface area contributed by atoms with E-state index in [-0.39, 0.29) is 6.04 Å². The lowest BCUT2D eigenvalue weighted by Gasteiger charge is -2.31. The van der Waals surface area contributed by atoms with Crippen molar-refractivity contribution in [2.45, 2.75) is 26.3 Å². The van der Waals surface area contributed by atoms with Gasteiger partial charge in [-0.25, -0.2) is 10.1 Å². The molecule has 8 heteroatoms. The molecule has 0 aromatic heterocycles. The molecule has 0 aliphatic carbocycles. The van der Waals surface area contributed by atoms with Gasteiger partial charge in [0.15, 0.2) is 5.03 Å². The van der Waals surface area contributed by atoms with E-state index in [4.69, 9.17) is 4.74 Å². The maximum absolute atomic E-state index is 10.6. The molecule has 1 fully saturated rings. The van der Waals surface area contributed by atoms with Gasteiger partial charge >= 0.3 is 0 Å². The van der Waals surface area contributed by atoms with Crippen molar-refractivity contribution in [2.75, 3.05) is 46.2 Å². The summed E-state index contributed by atoms with van der Waals surface area (Å²) in [6, 6.07) is 0.165. The molecule has 0 radical (unpaired) electrons. The van der Waals surface area contributed by atoms with E-state index in [1.165, 1.54) is 11.8 Å². The molecule has 0 N–H and O–H groups in total. The van der Waals surface area contributed by atoms with Crippen LogP contribution in [0.25, 0.3) is 0 Å². The van der Waals surface area contributed by atoms with Gasteiger partial charge in [0.05, 0.1) is 11.7 Å². The van der Waals surface area contributed by atoms with Gasteiger partial charge in [-0.05, 0) is 32.1 Å². The number of rotatable bonds is 7. The van der Waals surface area contributed by atoms with E-state index in [1.807, 2.05) is 11.9 Å². The predicted molar refractivity (Wildman–Crippen MR) is 86.2 cm³/mol. The maximum atomic E-state index is 10.6. The second kappa shape index (κ2) is 9.22. The molecule has 21 heavy (non-hydrogen) atoms. The van der Waals surface area contributed by atoms with Crippen LogP contribution >= 0.6 is 11.8 Å². The summed E-state index contributed by atoms with van der Waals surface area (Å²) in [5.41, 5.74) is 0. The average Bonchev–Trinajstić information content (AvgIpc) is 2.95. The Morgan fingerprint density at radius 3 is 2.81 bits per heavy atom. The average molecular weight is 318 g/mol. The van der Waals surface area contributed by atoms with Crippen LogP contribution in [0.15, 0.2) is 5.10 Å². The number of hydrogen-bond donors (Lipinski definition) is 0. The number of amidine groups is 1. The van der Waals surface area contributed by atoms with E-state index in [0.29, 0.717) is 11.1 Å². The summed E-state index contributed by atoms with van der Waals surface area (Å²) in [7, 11) is 1.86. The van der Waals surface area contributed by atoms with Crippen LogP contribution < -0.4 is 0 Å². The summed E-state index contributed by atoms with van der Waals surface area (Å²) in [6.07, 6.45) is 2.93. The topological polar surface area (TPSA) is 71.2 Å². The Morgan fingerprint density at radius 1 is 1.62 bits per heavy atom. The minimum absolute atomic E-state index is 0.165. The highest BCUT2D eigenvalue weighted by Crippen LogP contribution is 2.15. The van der Waals surface area contributed by atoms with Gasteiger partial charge < -0.3 is 14.5 Å². The van der Waals surface area contributed by atoms with Gasteiger partial charge in [-0.2, -0.15) is 0 Å². The molecule has 1 aliphatic rings. The first kappa shape index (κ1) is 18.2. The third-order valence-corrected chi connectivity index (χ3v) is 4.56. The summed E-state index contributed by atoms with van der Waals surface area (Å²) in [5.74, 6) is 0.606. The first-order chi connectivity index (χ1) is 9.97. The molecule has 0 saturated carbocycles. The predicted octanol–water partition coefficient (Wildman–Crippen LogP) is 1.58. The van der Waals surface area contributed by atoms with Crippen molar-refractivity contribution >= 4 is 16.9 Å². The Balaban J connectivity index is 2.55. The van der Waals surface area contributed by atoms with Crippen molar-refractivity contribution in [1.29, 1.82) is 0 Å². The van der Waals surface area contributed by atoms with E-state index in [1.54, 1.807) is 6.26 Å². The Labute approximate surface area is 130 Å². The molecule has 1 heterocycles. The highest BCUT2D eigenvalue weighted by molar-refractivity contribution is 8.13. The van der Waals surface area contributed by atoms with Gasteiger partial charge in [-0.15, -0.1) is 0 Å². The molecule has 0 aromatic carbocycles. The van der Waals surface area contributed by atoms with Crippen LogP contribution in [-0.2, 0) is 4.74 Å². The molecule has 0 spiro atoms. The lowest BCUT2D eigenvalue weighted by Crippen LogP contribution is -2.44. The number of thioether (sulfide) groups is 1. The number of hydrazone groups is 1.